The molecule has 0 aliphatic rings. The van der Waals surface area contributed by atoms with Gasteiger partial charge in [0.25, 0.3) is 6.43 Å². The van der Waals surface area contributed by atoms with E-state index >= 15 is 0 Å². The number of rotatable bonds is 6. The third-order valence-electron chi connectivity index (χ3n) is 5.34. The maximum atomic E-state index is 12.8. The predicted octanol–water partition coefficient (Wildman–Crippen LogP) is 3.57. The number of fused-ring (bicyclic) bond motifs is 1. The van der Waals surface area contributed by atoms with Gasteiger partial charge < -0.3 is 15.9 Å². The minimum atomic E-state index is -2.81. The van der Waals surface area contributed by atoms with Crippen LogP contribution in [0.3, 0.4) is 0 Å². The van der Waals surface area contributed by atoms with E-state index in [2.05, 4.69) is 15.0 Å². The number of nitrogens with zero attached hydrogens (tertiary/aromatic N) is 4. The van der Waals surface area contributed by atoms with Crippen LogP contribution in [0.4, 0.5) is 14.6 Å². The van der Waals surface area contributed by atoms with Gasteiger partial charge in [0.15, 0.2) is 11.5 Å². The quantitative estimate of drug-likeness (QED) is 0.424. The Hall–Kier alpha value is -3.43. The number of benzene rings is 1. The van der Waals surface area contributed by atoms with Gasteiger partial charge in [0.1, 0.15) is 6.10 Å². The molecule has 0 saturated heterocycles. The summed E-state index contributed by atoms with van der Waals surface area (Å²) in [4.78, 5) is 13.1. The van der Waals surface area contributed by atoms with Crippen molar-refractivity contribution >= 4 is 11.5 Å². The van der Waals surface area contributed by atoms with Gasteiger partial charge >= 0.3 is 0 Å². The monoisotopic (exact) mass is 439 g/mol. The molecule has 9 heteroatoms. The number of halogens is 2. The second kappa shape index (κ2) is 8.60. The average molecular weight is 439 g/mol. The number of anilines is 1. The summed E-state index contributed by atoms with van der Waals surface area (Å²) < 4.78 is 27.4. The summed E-state index contributed by atoms with van der Waals surface area (Å²) in [5, 5.41) is 19.3. The summed E-state index contributed by atoms with van der Waals surface area (Å²) in [6.07, 6.45) is -0.311. The first-order valence-electron chi connectivity index (χ1n) is 10.1. The lowest BCUT2D eigenvalue weighted by atomic mass is 9.99. The Bertz CT molecular complexity index is 1260. The van der Waals surface area contributed by atoms with Crippen molar-refractivity contribution in [1.29, 1.82) is 0 Å². The molecule has 0 fully saturated rings. The first-order valence-corrected chi connectivity index (χ1v) is 10.1. The third kappa shape index (κ3) is 4.17. The fourth-order valence-electron chi connectivity index (χ4n) is 3.56. The molecule has 2 unspecified atom stereocenters. The van der Waals surface area contributed by atoms with Crippen molar-refractivity contribution in [2.75, 3.05) is 5.73 Å². The summed E-state index contributed by atoms with van der Waals surface area (Å²) in [7, 11) is 0. The number of hydrogen-bond acceptors (Lipinski definition) is 6. The van der Waals surface area contributed by atoms with Crippen molar-refractivity contribution < 1.29 is 19.0 Å². The molecule has 4 aromatic rings. The lowest BCUT2D eigenvalue weighted by molar-refractivity contribution is -0.00365. The van der Waals surface area contributed by atoms with E-state index in [0.717, 1.165) is 16.8 Å². The summed E-state index contributed by atoms with van der Waals surface area (Å²) in [5.41, 5.74) is 11.5. The number of nitrogens with two attached hydrogens (primary N) is 1. The molecule has 0 spiro atoms. The topological polar surface area (TPSA) is 110 Å². The van der Waals surface area contributed by atoms with Gasteiger partial charge in [0.2, 0.25) is 0 Å². The highest BCUT2D eigenvalue weighted by atomic mass is 19.3. The second-order valence-corrected chi connectivity index (χ2v) is 7.75. The highest BCUT2D eigenvalue weighted by Gasteiger charge is 2.19. The summed E-state index contributed by atoms with van der Waals surface area (Å²) in [5.74, 6) is 0.232. The smallest absolute Gasteiger partial charge is 0.264 e. The molecule has 166 valence electrons. The van der Waals surface area contributed by atoms with Gasteiger partial charge in [-0.15, -0.1) is 0 Å². The van der Waals surface area contributed by atoms with E-state index in [-0.39, 0.29) is 12.2 Å². The zero-order valence-electron chi connectivity index (χ0n) is 17.6. The molecule has 1 aromatic carbocycles. The van der Waals surface area contributed by atoms with Crippen LogP contribution in [0, 0.1) is 6.92 Å². The molecule has 0 amide bonds. The van der Waals surface area contributed by atoms with E-state index in [4.69, 9.17) is 5.73 Å². The average Bonchev–Trinajstić information content (AvgIpc) is 3.19. The molecule has 0 aliphatic carbocycles. The van der Waals surface area contributed by atoms with E-state index < -0.39 is 18.6 Å². The van der Waals surface area contributed by atoms with Gasteiger partial charge in [0, 0.05) is 29.9 Å². The van der Waals surface area contributed by atoms with Crippen LogP contribution >= 0.6 is 0 Å². The first kappa shape index (κ1) is 21.8. The molecule has 0 saturated carbocycles. The SMILES string of the molecule is Cc1ccc(CC(O)C(F)F)cc1-c1cnc2c(N)nc(-c3ccc(C(C)O)nc3)cn12. The standard InChI is InChI=1S/C23H23F2N5O2/c1-12-3-4-14(8-20(32)21(24)25)7-16(12)19-10-28-23-22(26)29-18(11-30(19)23)15-5-6-17(13(2)31)27-9-15/h3-7,9-11,13,20-21,31-32H,8H2,1-2H3,(H2,26,29). The lowest BCUT2D eigenvalue weighted by Gasteiger charge is -2.13. The Morgan fingerprint density at radius 1 is 1.09 bits per heavy atom. The molecule has 4 rings (SSSR count). The summed E-state index contributed by atoms with van der Waals surface area (Å²) in [6, 6.07) is 8.85. The van der Waals surface area contributed by atoms with E-state index in [0.29, 0.717) is 28.2 Å². The van der Waals surface area contributed by atoms with Crippen molar-refractivity contribution in [1.82, 2.24) is 19.4 Å². The van der Waals surface area contributed by atoms with Gasteiger partial charge in [-0.2, -0.15) is 0 Å². The number of aliphatic hydroxyl groups excluding tert-OH is 2. The number of aryl methyl sites for hydroxylation is 1. The van der Waals surface area contributed by atoms with Crippen molar-refractivity contribution in [3.05, 3.63) is 65.7 Å². The number of aliphatic hydroxyl groups is 2. The maximum absolute atomic E-state index is 12.8. The molecule has 2 atom stereocenters. The van der Waals surface area contributed by atoms with Crippen LogP contribution in [0.2, 0.25) is 0 Å². The van der Waals surface area contributed by atoms with Crippen molar-refractivity contribution in [3.8, 4) is 22.5 Å². The Morgan fingerprint density at radius 2 is 1.88 bits per heavy atom. The highest BCUT2D eigenvalue weighted by molar-refractivity contribution is 5.74. The Labute approximate surface area is 183 Å². The van der Waals surface area contributed by atoms with Crippen molar-refractivity contribution in [2.45, 2.75) is 38.9 Å². The van der Waals surface area contributed by atoms with Crippen molar-refractivity contribution in [2.24, 2.45) is 0 Å². The van der Waals surface area contributed by atoms with Gasteiger partial charge in [0.05, 0.1) is 29.4 Å². The fourth-order valence-corrected chi connectivity index (χ4v) is 3.56. The number of hydrogen-bond donors (Lipinski definition) is 3. The van der Waals surface area contributed by atoms with E-state index in [9.17, 15) is 19.0 Å². The van der Waals surface area contributed by atoms with Gasteiger partial charge in [-0.1, -0.05) is 12.1 Å². The van der Waals surface area contributed by atoms with Crippen LogP contribution < -0.4 is 5.73 Å². The molecule has 0 radical (unpaired) electrons. The van der Waals surface area contributed by atoms with E-state index in [1.165, 1.54) is 0 Å². The van der Waals surface area contributed by atoms with E-state index in [1.54, 1.807) is 54.2 Å². The normalized spacial score (nSPS) is 13.6. The Morgan fingerprint density at radius 3 is 2.53 bits per heavy atom. The number of aromatic nitrogens is 4. The zero-order valence-corrected chi connectivity index (χ0v) is 17.6. The van der Waals surface area contributed by atoms with Gasteiger partial charge in [-0.25, -0.2) is 18.7 Å². The fraction of sp³-hybridized carbons (Fsp3) is 0.261. The molecule has 32 heavy (non-hydrogen) atoms. The molecule has 3 aromatic heterocycles. The molecule has 3 heterocycles. The zero-order chi connectivity index (χ0) is 23.0. The number of nitrogen functional groups attached to an aromatic ring is 1. The van der Waals surface area contributed by atoms with Crippen LogP contribution in [-0.4, -0.2) is 42.1 Å². The van der Waals surface area contributed by atoms with E-state index in [1.807, 2.05) is 13.0 Å². The minimum Gasteiger partial charge on any atom is -0.387 e. The molecule has 4 N–H and O–H groups in total. The van der Waals surface area contributed by atoms with Crippen LogP contribution in [-0.2, 0) is 6.42 Å². The lowest BCUT2D eigenvalue weighted by Crippen LogP contribution is -2.20. The third-order valence-corrected chi connectivity index (χ3v) is 5.34. The first-order chi connectivity index (χ1) is 15.2. The second-order valence-electron chi connectivity index (χ2n) is 7.75. The summed E-state index contributed by atoms with van der Waals surface area (Å²) in [6.45, 7) is 3.55. The molecular formula is C23H23F2N5O2. The van der Waals surface area contributed by atoms with Crippen molar-refractivity contribution in [3.63, 3.8) is 0 Å². The Balaban J connectivity index is 1.79. The molecular weight excluding hydrogens is 416 g/mol. The van der Waals surface area contributed by atoms with Crippen LogP contribution in [0.1, 0.15) is 29.8 Å². The predicted molar refractivity (Wildman–Crippen MR) is 117 cm³/mol. The van der Waals surface area contributed by atoms with Gasteiger partial charge in [-0.3, -0.25) is 9.38 Å². The molecule has 7 nitrogen and oxygen atoms in total. The summed E-state index contributed by atoms with van der Waals surface area (Å²) >= 11 is 0. The largest absolute Gasteiger partial charge is 0.387 e. The molecule has 0 aliphatic heterocycles. The minimum absolute atomic E-state index is 0.155. The van der Waals surface area contributed by atoms with Crippen LogP contribution in [0.5, 0.6) is 0 Å². The number of imidazole rings is 1. The van der Waals surface area contributed by atoms with Gasteiger partial charge in [-0.05, 0) is 43.2 Å². The maximum Gasteiger partial charge on any atom is 0.264 e. The molecule has 0 bridgehead atoms. The van der Waals surface area contributed by atoms with Crippen LogP contribution in [0.15, 0.2) is 48.9 Å². The Kier molecular flexibility index (Phi) is 5.86. The number of pyridine rings is 1. The van der Waals surface area contributed by atoms with Crippen LogP contribution in [0.25, 0.3) is 28.2 Å². The number of alkyl halides is 2. The highest BCUT2D eigenvalue weighted by Crippen LogP contribution is 2.29.